The van der Waals surface area contributed by atoms with Crippen LogP contribution < -0.4 is 14.2 Å². The third-order valence-electron chi connectivity index (χ3n) is 4.12. The highest BCUT2D eigenvalue weighted by atomic mass is 79.9. The van der Waals surface area contributed by atoms with Gasteiger partial charge in [-0.2, -0.15) is 0 Å². The van der Waals surface area contributed by atoms with Crippen molar-refractivity contribution in [2.24, 2.45) is 7.05 Å². The van der Waals surface area contributed by atoms with Gasteiger partial charge in [-0.3, -0.25) is 0 Å². The van der Waals surface area contributed by atoms with Crippen molar-refractivity contribution in [2.75, 3.05) is 21.3 Å². The molecule has 0 aliphatic carbocycles. The number of aromatic nitrogens is 2. The van der Waals surface area contributed by atoms with Crippen LogP contribution in [0.2, 0.25) is 0 Å². The van der Waals surface area contributed by atoms with Crippen LogP contribution in [0.5, 0.6) is 23.0 Å². The van der Waals surface area contributed by atoms with Gasteiger partial charge in [-0.15, -0.1) is 0 Å². The average molecular weight is 419 g/mol. The Labute approximate surface area is 160 Å². The lowest BCUT2D eigenvalue weighted by Crippen LogP contribution is -1.95. The molecule has 0 saturated heterocycles. The molecule has 136 valence electrons. The maximum atomic E-state index is 10.5. The van der Waals surface area contributed by atoms with Crippen LogP contribution in [0.15, 0.2) is 41.1 Å². The van der Waals surface area contributed by atoms with E-state index in [2.05, 4.69) is 20.9 Å². The van der Waals surface area contributed by atoms with Crippen LogP contribution in [0.1, 0.15) is 0 Å². The molecule has 0 aliphatic rings. The first-order valence-corrected chi connectivity index (χ1v) is 8.60. The van der Waals surface area contributed by atoms with E-state index in [0.717, 1.165) is 15.7 Å². The van der Waals surface area contributed by atoms with E-state index in [-0.39, 0.29) is 5.75 Å². The highest BCUT2D eigenvalue weighted by molar-refractivity contribution is 9.10. The lowest BCUT2D eigenvalue weighted by molar-refractivity contribution is 0.390. The monoisotopic (exact) mass is 418 g/mol. The summed E-state index contributed by atoms with van der Waals surface area (Å²) in [5.41, 5.74) is 2.95. The van der Waals surface area contributed by atoms with E-state index in [4.69, 9.17) is 14.2 Å². The first kappa shape index (κ1) is 18.1. The van der Waals surface area contributed by atoms with Gasteiger partial charge in [-0.1, -0.05) is 0 Å². The summed E-state index contributed by atoms with van der Waals surface area (Å²) in [7, 11) is 6.63. The number of hydrogen-bond donors (Lipinski definition) is 1. The third-order valence-corrected chi connectivity index (χ3v) is 4.90. The van der Waals surface area contributed by atoms with Crippen molar-refractivity contribution in [3.63, 3.8) is 0 Å². The molecule has 0 saturated carbocycles. The zero-order valence-electron chi connectivity index (χ0n) is 14.9. The molecule has 0 unspecified atom stereocenters. The van der Waals surface area contributed by atoms with Gasteiger partial charge in [-0.25, -0.2) is 4.98 Å². The summed E-state index contributed by atoms with van der Waals surface area (Å²) in [4.78, 5) is 4.52. The topological polar surface area (TPSA) is 65.7 Å². The first-order valence-electron chi connectivity index (χ1n) is 7.80. The van der Waals surface area contributed by atoms with Crippen molar-refractivity contribution >= 4 is 15.9 Å². The Morgan fingerprint density at radius 1 is 1.00 bits per heavy atom. The highest BCUT2D eigenvalue weighted by Crippen LogP contribution is 2.42. The molecule has 7 heteroatoms. The number of rotatable bonds is 5. The number of ether oxygens (including phenoxy) is 3. The molecule has 0 atom stereocenters. The summed E-state index contributed by atoms with van der Waals surface area (Å²) in [5.74, 6) is 1.97. The predicted molar refractivity (Wildman–Crippen MR) is 103 cm³/mol. The number of phenolic OH excluding ortho intramolecular Hbond substituents is 1. The molecule has 0 radical (unpaired) electrons. The minimum Gasteiger partial charge on any atom is -0.507 e. The minimum atomic E-state index is 0.116. The summed E-state index contributed by atoms with van der Waals surface area (Å²) >= 11 is 3.47. The molecule has 1 aromatic heterocycles. The van der Waals surface area contributed by atoms with Crippen molar-refractivity contribution < 1.29 is 19.3 Å². The molecule has 0 spiro atoms. The molecule has 6 nitrogen and oxygen atoms in total. The van der Waals surface area contributed by atoms with Gasteiger partial charge in [0.2, 0.25) is 0 Å². The van der Waals surface area contributed by atoms with Gasteiger partial charge in [0.05, 0.1) is 39.0 Å². The molecule has 0 fully saturated rings. The van der Waals surface area contributed by atoms with Crippen LogP contribution in [0.3, 0.4) is 0 Å². The van der Waals surface area contributed by atoms with Crippen LogP contribution in [0, 0.1) is 0 Å². The highest BCUT2D eigenvalue weighted by Gasteiger charge is 2.19. The SMILES string of the molecule is COc1ccc(-c2c(-c3cc(OC)c(Br)c(OC)c3)ncn2C)c(O)c1. The van der Waals surface area contributed by atoms with Gasteiger partial charge in [0.1, 0.15) is 27.5 Å². The number of aromatic hydroxyl groups is 1. The second-order valence-corrected chi connectivity index (χ2v) is 6.42. The molecule has 0 bridgehead atoms. The van der Waals surface area contributed by atoms with Crippen molar-refractivity contribution in [1.29, 1.82) is 0 Å². The van der Waals surface area contributed by atoms with Crippen LogP contribution in [-0.2, 0) is 7.05 Å². The fraction of sp³-hybridized carbons (Fsp3) is 0.211. The summed E-state index contributed by atoms with van der Waals surface area (Å²) in [6.07, 6.45) is 1.70. The van der Waals surface area contributed by atoms with Crippen LogP contribution in [-0.4, -0.2) is 36.0 Å². The quantitative estimate of drug-likeness (QED) is 0.670. The van der Waals surface area contributed by atoms with Crippen molar-refractivity contribution in [3.05, 3.63) is 41.1 Å². The fourth-order valence-corrected chi connectivity index (χ4v) is 3.36. The molecule has 1 N–H and O–H groups in total. The first-order chi connectivity index (χ1) is 12.5. The lowest BCUT2D eigenvalue weighted by Gasteiger charge is -2.13. The van der Waals surface area contributed by atoms with Gasteiger partial charge in [0.25, 0.3) is 0 Å². The molecule has 3 rings (SSSR count). The molecule has 0 amide bonds. The van der Waals surface area contributed by atoms with E-state index in [1.54, 1.807) is 39.8 Å². The minimum absolute atomic E-state index is 0.116. The number of benzene rings is 2. The van der Waals surface area contributed by atoms with E-state index >= 15 is 0 Å². The number of methoxy groups -OCH3 is 3. The van der Waals surface area contributed by atoms with Gasteiger partial charge in [-0.05, 0) is 40.2 Å². The normalized spacial score (nSPS) is 10.7. The summed E-state index contributed by atoms with van der Waals surface area (Å²) < 4.78 is 18.6. The van der Waals surface area contributed by atoms with Gasteiger partial charge >= 0.3 is 0 Å². The van der Waals surface area contributed by atoms with E-state index < -0.39 is 0 Å². The Hall–Kier alpha value is -2.67. The number of aryl methyl sites for hydroxylation is 1. The summed E-state index contributed by atoms with van der Waals surface area (Å²) in [6.45, 7) is 0. The fourth-order valence-electron chi connectivity index (χ4n) is 2.80. The van der Waals surface area contributed by atoms with Gasteiger partial charge in [0, 0.05) is 24.2 Å². The number of phenols is 1. The van der Waals surface area contributed by atoms with E-state index in [1.807, 2.05) is 29.8 Å². The second kappa shape index (κ2) is 7.29. The molecule has 0 aliphatic heterocycles. The Bertz CT molecular complexity index is 928. The summed E-state index contributed by atoms with van der Waals surface area (Å²) in [5, 5.41) is 10.5. The predicted octanol–water partition coefficient (Wildman–Crippen LogP) is 4.25. The zero-order chi connectivity index (χ0) is 18.8. The van der Waals surface area contributed by atoms with Crippen molar-refractivity contribution in [1.82, 2.24) is 9.55 Å². The molecular formula is C19H19BrN2O4. The molecular weight excluding hydrogens is 400 g/mol. The second-order valence-electron chi connectivity index (χ2n) is 5.63. The van der Waals surface area contributed by atoms with Crippen LogP contribution in [0.4, 0.5) is 0 Å². The number of nitrogens with zero attached hydrogens (tertiary/aromatic N) is 2. The largest absolute Gasteiger partial charge is 0.507 e. The molecule has 26 heavy (non-hydrogen) atoms. The van der Waals surface area contributed by atoms with Gasteiger partial charge in [0.15, 0.2) is 0 Å². The number of halogens is 1. The number of imidazole rings is 1. The van der Waals surface area contributed by atoms with Gasteiger partial charge < -0.3 is 23.9 Å². The smallest absolute Gasteiger partial charge is 0.137 e. The Balaban J connectivity index is 2.21. The number of hydrogen-bond acceptors (Lipinski definition) is 5. The van der Waals surface area contributed by atoms with Crippen LogP contribution >= 0.6 is 15.9 Å². The summed E-state index contributed by atoms with van der Waals surface area (Å²) in [6, 6.07) is 8.93. The molecule has 3 aromatic rings. The Kier molecular flexibility index (Phi) is 5.08. The molecule has 2 aromatic carbocycles. The maximum absolute atomic E-state index is 10.5. The van der Waals surface area contributed by atoms with Crippen molar-refractivity contribution in [3.8, 4) is 45.5 Å². The Morgan fingerprint density at radius 3 is 2.19 bits per heavy atom. The standard InChI is InChI=1S/C19H19BrN2O4/c1-22-10-21-18(11-7-15(25-3)17(20)16(8-11)26-4)19(22)13-6-5-12(24-2)9-14(13)23/h5-10,23H,1-4H3. The third kappa shape index (κ3) is 3.10. The van der Waals surface area contributed by atoms with E-state index in [1.165, 1.54) is 0 Å². The Morgan fingerprint density at radius 2 is 1.65 bits per heavy atom. The lowest BCUT2D eigenvalue weighted by atomic mass is 10.0. The molecule has 1 heterocycles. The van der Waals surface area contributed by atoms with Crippen LogP contribution in [0.25, 0.3) is 22.5 Å². The maximum Gasteiger partial charge on any atom is 0.137 e. The zero-order valence-corrected chi connectivity index (χ0v) is 16.5. The van der Waals surface area contributed by atoms with E-state index in [9.17, 15) is 5.11 Å². The van der Waals surface area contributed by atoms with Crippen molar-refractivity contribution in [2.45, 2.75) is 0 Å². The average Bonchev–Trinajstić information content (AvgIpc) is 3.03. The van der Waals surface area contributed by atoms with E-state index in [0.29, 0.717) is 28.5 Å².